The molecule has 8 heteroatoms. The summed E-state index contributed by atoms with van der Waals surface area (Å²) in [5.74, 6) is 0.779. The Kier molecular flexibility index (Phi) is 4.83. The van der Waals surface area contributed by atoms with Gasteiger partial charge in [0, 0.05) is 37.8 Å². The number of aromatic nitrogens is 4. The van der Waals surface area contributed by atoms with E-state index in [9.17, 15) is 9.59 Å². The molecule has 126 valence electrons. The van der Waals surface area contributed by atoms with Crippen molar-refractivity contribution in [2.75, 3.05) is 19.6 Å². The number of hydrogen-bond acceptors (Lipinski definition) is 5. The molecular weight excluding hydrogens is 308 g/mol. The molecule has 3 rings (SSSR count). The first-order valence-electron chi connectivity index (χ1n) is 8.00. The lowest BCUT2D eigenvalue weighted by molar-refractivity contribution is -0.128. The SMILES string of the molecule is C[C@@H](CNC(=O)c1ccnc(-n2cncn2)c1)CN1CCCC1=O. The summed E-state index contributed by atoms with van der Waals surface area (Å²) in [7, 11) is 0. The molecule has 1 fully saturated rings. The van der Waals surface area contributed by atoms with E-state index < -0.39 is 0 Å². The second-order valence-electron chi connectivity index (χ2n) is 6.00. The summed E-state index contributed by atoms with van der Waals surface area (Å²) in [5.41, 5.74) is 0.514. The normalized spacial score (nSPS) is 15.5. The molecule has 0 bridgehead atoms. The molecule has 0 radical (unpaired) electrons. The second-order valence-corrected chi connectivity index (χ2v) is 6.00. The smallest absolute Gasteiger partial charge is 0.251 e. The van der Waals surface area contributed by atoms with E-state index in [1.54, 1.807) is 18.3 Å². The summed E-state index contributed by atoms with van der Waals surface area (Å²) in [4.78, 5) is 33.9. The number of rotatable bonds is 6. The van der Waals surface area contributed by atoms with Crippen molar-refractivity contribution in [3.8, 4) is 5.82 Å². The Morgan fingerprint density at radius 1 is 1.46 bits per heavy atom. The number of likely N-dealkylation sites (tertiary alicyclic amines) is 1. The van der Waals surface area contributed by atoms with Gasteiger partial charge in [-0.3, -0.25) is 9.59 Å². The fourth-order valence-corrected chi connectivity index (χ4v) is 2.72. The van der Waals surface area contributed by atoms with E-state index >= 15 is 0 Å². The number of nitrogens with one attached hydrogen (secondary N) is 1. The van der Waals surface area contributed by atoms with Crippen LogP contribution in [0.15, 0.2) is 31.0 Å². The zero-order chi connectivity index (χ0) is 16.9. The van der Waals surface area contributed by atoms with E-state index in [2.05, 4.69) is 20.4 Å². The van der Waals surface area contributed by atoms with Crippen LogP contribution in [0, 0.1) is 5.92 Å². The van der Waals surface area contributed by atoms with Gasteiger partial charge >= 0.3 is 0 Å². The molecule has 1 N–H and O–H groups in total. The van der Waals surface area contributed by atoms with Gasteiger partial charge in [-0.1, -0.05) is 6.92 Å². The van der Waals surface area contributed by atoms with E-state index in [-0.39, 0.29) is 17.7 Å². The standard InChI is InChI=1S/C16H20N6O2/c1-12(9-21-6-2-3-15(21)23)8-19-16(24)13-4-5-18-14(7-13)22-11-17-10-20-22/h4-5,7,10-12H,2-3,6,8-9H2,1H3,(H,19,24)/t12-/m0/s1. The van der Waals surface area contributed by atoms with Gasteiger partial charge in [-0.05, 0) is 24.5 Å². The summed E-state index contributed by atoms with van der Waals surface area (Å²) in [6.45, 7) is 4.05. The van der Waals surface area contributed by atoms with Crippen molar-refractivity contribution < 1.29 is 9.59 Å². The number of hydrogen-bond donors (Lipinski definition) is 1. The predicted molar refractivity (Wildman–Crippen MR) is 86.5 cm³/mol. The van der Waals surface area contributed by atoms with Crippen LogP contribution in [0.2, 0.25) is 0 Å². The zero-order valence-corrected chi connectivity index (χ0v) is 13.6. The fourth-order valence-electron chi connectivity index (χ4n) is 2.72. The van der Waals surface area contributed by atoms with E-state index in [4.69, 9.17) is 0 Å². The molecule has 8 nitrogen and oxygen atoms in total. The van der Waals surface area contributed by atoms with E-state index in [1.807, 2.05) is 11.8 Å². The predicted octanol–water partition coefficient (Wildman–Crippen LogP) is 0.651. The van der Waals surface area contributed by atoms with Gasteiger partial charge in [-0.25, -0.2) is 14.6 Å². The van der Waals surface area contributed by atoms with Crippen LogP contribution < -0.4 is 5.32 Å². The van der Waals surface area contributed by atoms with Crippen LogP contribution in [-0.2, 0) is 4.79 Å². The molecule has 0 aromatic carbocycles. The molecule has 0 spiro atoms. The highest BCUT2D eigenvalue weighted by atomic mass is 16.2. The van der Waals surface area contributed by atoms with Crippen LogP contribution in [0.4, 0.5) is 0 Å². The van der Waals surface area contributed by atoms with Crippen LogP contribution in [0.3, 0.4) is 0 Å². The Hall–Kier alpha value is -2.77. The third kappa shape index (κ3) is 3.76. The number of nitrogens with zero attached hydrogens (tertiary/aromatic N) is 5. The van der Waals surface area contributed by atoms with Crippen molar-refractivity contribution in [3.63, 3.8) is 0 Å². The Balaban J connectivity index is 1.55. The number of pyridine rings is 1. The minimum Gasteiger partial charge on any atom is -0.352 e. The molecule has 0 unspecified atom stereocenters. The average Bonchev–Trinajstić information content (AvgIpc) is 3.25. The van der Waals surface area contributed by atoms with Gasteiger partial charge < -0.3 is 10.2 Å². The summed E-state index contributed by atoms with van der Waals surface area (Å²) >= 11 is 0. The quantitative estimate of drug-likeness (QED) is 0.840. The largest absolute Gasteiger partial charge is 0.352 e. The maximum Gasteiger partial charge on any atom is 0.251 e. The minimum atomic E-state index is -0.168. The highest BCUT2D eigenvalue weighted by Gasteiger charge is 2.22. The Labute approximate surface area is 139 Å². The lowest BCUT2D eigenvalue weighted by Crippen LogP contribution is -2.36. The molecule has 1 atom stereocenters. The highest BCUT2D eigenvalue weighted by Crippen LogP contribution is 2.12. The first-order chi connectivity index (χ1) is 11.6. The number of amides is 2. The van der Waals surface area contributed by atoms with Gasteiger partial charge in [0.05, 0.1) is 0 Å². The molecule has 0 aliphatic carbocycles. The molecule has 1 saturated heterocycles. The van der Waals surface area contributed by atoms with Crippen molar-refractivity contribution in [2.45, 2.75) is 19.8 Å². The van der Waals surface area contributed by atoms with Gasteiger partial charge in [0.25, 0.3) is 5.91 Å². The van der Waals surface area contributed by atoms with Crippen LogP contribution >= 0.6 is 0 Å². The first kappa shape index (κ1) is 16.1. The molecule has 2 amide bonds. The molecule has 0 saturated carbocycles. The molecular formula is C16H20N6O2. The van der Waals surface area contributed by atoms with Gasteiger partial charge in [0.15, 0.2) is 5.82 Å². The Bertz CT molecular complexity index is 715. The van der Waals surface area contributed by atoms with E-state index in [1.165, 1.54) is 17.3 Å². The van der Waals surface area contributed by atoms with Gasteiger partial charge in [-0.15, -0.1) is 0 Å². The van der Waals surface area contributed by atoms with Crippen LogP contribution in [-0.4, -0.2) is 56.1 Å². The van der Waals surface area contributed by atoms with Crippen molar-refractivity contribution in [1.82, 2.24) is 30.0 Å². The van der Waals surface area contributed by atoms with Crippen molar-refractivity contribution in [2.24, 2.45) is 5.92 Å². The molecule has 24 heavy (non-hydrogen) atoms. The zero-order valence-electron chi connectivity index (χ0n) is 13.6. The average molecular weight is 328 g/mol. The summed E-state index contributed by atoms with van der Waals surface area (Å²) in [6.07, 6.45) is 6.08. The second kappa shape index (κ2) is 7.20. The number of carbonyl (C=O) groups excluding carboxylic acids is 2. The molecule has 1 aliphatic heterocycles. The monoisotopic (exact) mass is 328 g/mol. The molecule has 2 aromatic rings. The lowest BCUT2D eigenvalue weighted by atomic mass is 10.1. The first-order valence-corrected chi connectivity index (χ1v) is 8.00. The Morgan fingerprint density at radius 3 is 3.04 bits per heavy atom. The van der Waals surface area contributed by atoms with Crippen LogP contribution in [0.25, 0.3) is 5.82 Å². The summed E-state index contributed by atoms with van der Waals surface area (Å²) < 4.78 is 1.50. The maximum atomic E-state index is 12.3. The van der Waals surface area contributed by atoms with Gasteiger partial charge in [-0.2, -0.15) is 5.10 Å². The molecule has 3 heterocycles. The van der Waals surface area contributed by atoms with Crippen molar-refractivity contribution >= 4 is 11.8 Å². The van der Waals surface area contributed by atoms with Crippen molar-refractivity contribution in [3.05, 3.63) is 36.5 Å². The topological polar surface area (TPSA) is 93.0 Å². The van der Waals surface area contributed by atoms with E-state index in [0.717, 1.165) is 13.0 Å². The van der Waals surface area contributed by atoms with Gasteiger partial charge in [0.2, 0.25) is 5.91 Å². The van der Waals surface area contributed by atoms with Crippen molar-refractivity contribution in [1.29, 1.82) is 0 Å². The number of carbonyl (C=O) groups is 2. The van der Waals surface area contributed by atoms with E-state index in [0.29, 0.717) is 30.9 Å². The third-order valence-electron chi connectivity index (χ3n) is 3.98. The lowest BCUT2D eigenvalue weighted by Gasteiger charge is -2.21. The Morgan fingerprint density at radius 2 is 2.33 bits per heavy atom. The van der Waals surface area contributed by atoms with Crippen LogP contribution in [0.5, 0.6) is 0 Å². The maximum absolute atomic E-state index is 12.3. The molecule has 2 aromatic heterocycles. The summed E-state index contributed by atoms with van der Waals surface area (Å²) in [6, 6.07) is 3.32. The van der Waals surface area contributed by atoms with Crippen LogP contribution in [0.1, 0.15) is 30.1 Å². The third-order valence-corrected chi connectivity index (χ3v) is 3.98. The highest BCUT2D eigenvalue weighted by molar-refractivity contribution is 5.94. The fraction of sp³-hybridized carbons (Fsp3) is 0.438. The molecule has 1 aliphatic rings. The summed E-state index contributed by atoms with van der Waals surface area (Å²) in [5, 5.41) is 6.91. The minimum absolute atomic E-state index is 0.168. The van der Waals surface area contributed by atoms with Gasteiger partial charge in [0.1, 0.15) is 12.7 Å².